The number of hydrogen-bond acceptors (Lipinski definition) is 6. The molecule has 0 radical (unpaired) electrons. The van der Waals surface area contributed by atoms with Gasteiger partial charge in [-0.05, 0) is 13.8 Å². The van der Waals surface area contributed by atoms with E-state index < -0.39 is 6.09 Å². The summed E-state index contributed by atoms with van der Waals surface area (Å²) < 4.78 is 0. The molecule has 20 heavy (non-hydrogen) atoms. The third-order valence-corrected chi connectivity index (χ3v) is 3.20. The Labute approximate surface area is 117 Å². The molecule has 4 N–H and O–H groups in total. The molecule has 1 aliphatic heterocycles. The number of nitrogens with zero attached hydrogens (tertiary/aromatic N) is 4. The Morgan fingerprint density at radius 1 is 1.55 bits per heavy atom. The number of carboxylic acid groups (broad SMARTS) is 1. The lowest BCUT2D eigenvalue weighted by Gasteiger charge is -2.43. The number of nitrogen functional groups attached to an aromatic ring is 1. The van der Waals surface area contributed by atoms with Crippen LogP contribution in [0.15, 0.2) is 6.07 Å². The maximum absolute atomic E-state index is 10.9. The molecule has 0 unspecified atom stereocenters. The van der Waals surface area contributed by atoms with Crippen LogP contribution in [0.2, 0.25) is 0 Å². The molecular formula is C12H20N6O2. The molecule has 0 bridgehead atoms. The van der Waals surface area contributed by atoms with Crippen molar-refractivity contribution in [2.24, 2.45) is 0 Å². The zero-order chi connectivity index (χ0) is 14.9. The molecule has 0 aliphatic carbocycles. The van der Waals surface area contributed by atoms with Crippen LogP contribution >= 0.6 is 0 Å². The molecule has 0 aromatic carbocycles. The summed E-state index contributed by atoms with van der Waals surface area (Å²) in [4.78, 5) is 22.5. The molecule has 8 nitrogen and oxygen atoms in total. The van der Waals surface area contributed by atoms with E-state index in [1.54, 1.807) is 7.05 Å². The molecule has 0 spiro atoms. The van der Waals surface area contributed by atoms with Crippen molar-refractivity contribution in [3.8, 4) is 0 Å². The minimum Gasteiger partial charge on any atom is -0.465 e. The van der Waals surface area contributed by atoms with E-state index in [1.807, 2.05) is 24.8 Å². The van der Waals surface area contributed by atoms with Crippen LogP contribution in [0, 0.1) is 0 Å². The number of anilines is 3. The Morgan fingerprint density at radius 3 is 2.75 bits per heavy atom. The number of rotatable bonds is 4. The van der Waals surface area contributed by atoms with Crippen molar-refractivity contribution in [3.05, 3.63) is 6.07 Å². The zero-order valence-corrected chi connectivity index (χ0v) is 11.9. The Kier molecular flexibility index (Phi) is 3.82. The third-order valence-electron chi connectivity index (χ3n) is 3.20. The highest BCUT2D eigenvalue weighted by Crippen LogP contribution is 2.24. The monoisotopic (exact) mass is 280 g/mol. The van der Waals surface area contributed by atoms with Crippen LogP contribution in [-0.2, 0) is 0 Å². The molecule has 2 heterocycles. The van der Waals surface area contributed by atoms with Gasteiger partial charge in [0.05, 0.1) is 6.04 Å². The van der Waals surface area contributed by atoms with Crippen molar-refractivity contribution in [1.29, 1.82) is 0 Å². The van der Waals surface area contributed by atoms with Crippen LogP contribution in [0.3, 0.4) is 0 Å². The lowest BCUT2D eigenvalue weighted by Crippen LogP contribution is -2.59. The van der Waals surface area contributed by atoms with E-state index in [0.717, 1.165) is 5.82 Å². The van der Waals surface area contributed by atoms with E-state index in [-0.39, 0.29) is 18.0 Å². The minimum absolute atomic E-state index is 0.00908. The smallest absolute Gasteiger partial charge is 0.407 e. The molecule has 1 aromatic rings. The Bertz CT molecular complexity index is 501. The number of amides is 1. The summed E-state index contributed by atoms with van der Waals surface area (Å²) in [5.41, 5.74) is 5.70. The van der Waals surface area contributed by atoms with Gasteiger partial charge in [-0.25, -0.2) is 4.79 Å². The number of carbonyl (C=O) groups is 1. The second-order valence-electron chi connectivity index (χ2n) is 5.22. The van der Waals surface area contributed by atoms with E-state index in [0.29, 0.717) is 18.9 Å². The molecule has 1 aliphatic rings. The van der Waals surface area contributed by atoms with Crippen LogP contribution in [0.25, 0.3) is 0 Å². The molecule has 1 amide bonds. The van der Waals surface area contributed by atoms with Crippen LogP contribution < -0.4 is 16.0 Å². The second-order valence-corrected chi connectivity index (χ2v) is 5.22. The first kappa shape index (κ1) is 14.2. The zero-order valence-electron chi connectivity index (χ0n) is 11.9. The molecule has 8 heteroatoms. The molecule has 1 aromatic heterocycles. The van der Waals surface area contributed by atoms with Gasteiger partial charge < -0.3 is 26.0 Å². The summed E-state index contributed by atoms with van der Waals surface area (Å²) in [5.74, 6) is 1.61. The normalized spacial score (nSPS) is 15.1. The summed E-state index contributed by atoms with van der Waals surface area (Å²) in [7, 11) is 1.57. The number of likely N-dealkylation sites (N-methyl/N-ethyl adjacent to an activating group) is 1. The van der Waals surface area contributed by atoms with Gasteiger partial charge in [-0.1, -0.05) is 0 Å². The summed E-state index contributed by atoms with van der Waals surface area (Å²) in [6.07, 6.45) is -0.918. The first-order chi connectivity index (χ1) is 9.36. The van der Waals surface area contributed by atoms with Gasteiger partial charge in [0, 0.05) is 32.2 Å². The van der Waals surface area contributed by atoms with Gasteiger partial charge in [0.15, 0.2) is 0 Å². The predicted molar refractivity (Wildman–Crippen MR) is 77.0 cm³/mol. The van der Waals surface area contributed by atoms with Gasteiger partial charge in [0.2, 0.25) is 5.95 Å². The number of aromatic nitrogens is 2. The quantitative estimate of drug-likeness (QED) is 0.744. The van der Waals surface area contributed by atoms with Crippen molar-refractivity contribution < 1.29 is 9.90 Å². The molecule has 1 saturated heterocycles. The lowest BCUT2D eigenvalue weighted by atomic mass is 10.1. The molecule has 1 fully saturated rings. The molecule has 0 atom stereocenters. The Balaban J connectivity index is 2.04. The van der Waals surface area contributed by atoms with Crippen molar-refractivity contribution >= 4 is 23.7 Å². The van der Waals surface area contributed by atoms with E-state index in [9.17, 15) is 4.79 Å². The molecule has 0 saturated carbocycles. The number of nitrogens with one attached hydrogen (secondary N) is 1. The first-order valence-corrected chi connectivity index (χ1v) is 6.48. The highest BCUT2D eigenvalue weighted by Gasteiger charge is 2.33. The fraction of sp³-hybridized carbons (Fsp3) is 0.583. The molecular weight excluding hydrogens is 260 g/mol. The SMILES string of the molecule is CC(C)Nc1cc(N2CC(N(C)C(=O)O)C2)nc(N)n1. The maximum atomic E-state index is 10.9. The highest BCUT2D eigenvalue weighted by molar-refractivity contribution is 5.66. The predicted octanol–water partition coefficient (Wildman–Crippen LogP) is 0.677. The third kappa shape index (κ3) is 3.01. The van der Waals surface area contributed by atoms with Crippen molar-refractivity contribution in [3.63, 3.8) is 0 Å². The molecule has 110 valence electrons. The van der Waals surface area contributed by atoms with Crippen molar-refractivity contribution in [2.75, 3.05) is 36.1 Å². The second kappa shape index (κ2) is 5.40. The summed E-state index contributed by atoms with van der Waals surface area (Å²) in [5, 5.41) is 12.1. The lowest BCUT2D eigenvalue weighted by molar-refractivity contribution is 0.129. The van der Waals surface area contributed by atoms with E-state index in [2.05, 4.69) is 15.3 Å². The van der Waals surface area contributed by atoms with Gasteiger partial charge >= 0.3 is 6.09 Å². The Hall–Kier alpha value is -2.25. The van der Waals surface area contributed by atoms with E-state index in [1.165, 1.54) is 4.90 Å². The number of nitrogens with two attached hydrogens (primary N) is 1. The van der Waals surface area contributed by atoms with E-state index in [4.69, 9.17) is 10.8 Å². The Morgan fingerprint density at radius 2 is 2.20 bits per heavy atom. The molecule has 2 rings (SSSR count). The first-order valence-electron chi connectivity index (χ1n) is 6.48. The van der Waals surface area contributed by atoms with Crippen LogP contribution in [-0.4, -0.2) is 58.3 Å². The fourth-order valence-electron chi connectivity index (χ4n) is 2.03. The highest BCUT2D eigenvalue weighted by atomic mass is 16.4. The van der Waals surface area contributed by atoms with Crippen LogP contribution in [0.5, 0.6) is 0 Å². The van der Waals surface area contributed by atoms with Gasteiger partial charge in [0.25, 0.3) is 0 Å². The number of hydrogen-bond donors (Lipinski definition) is 3. The van der Waals surface area contributed by atoms with Gasteiger partial charge in [-0.2, -0.15) is 9.97 Å². The maximum Gasteiger partial charge on any atom is 0.407 e. The summed E-state index contributed by atoms with van der Waals surface area (Å²) >= 11 is 0. The van der Waals surface area contributed by atoms with Gasteiger partial charge in [-0.3, -0.25) is 0 Å². The van der Waals surface area contributed by atoms with E-state index >= 15 is 0 Å². The average Bonchev–Trinajstić information content (AvgIpc) is 2.24. The summed E-state index contributed by atoms with van der Waals surface area (Å²) in [6.45, 7) is 5.25. The van der Waals surface area contributed by atoms with Gasteiger partial charge in [0.1, 0.15) is 11.6 Å². The standard InChI is InChI=1S/C12H20N6O2/c1-7(2)14-9-4-10(16-11(13)15-9)18-5-8(6-18)17(3)12(19)20/h4,7-8H,5-6H2,1-3H3,(H,19,20)(H3,13,14,15,16). The van der Waals surface area contributed by atoms with Crippen molar-refractivity contribution in [1.82, 2.24) is 14.9 Å². The largest absolute Gasteiger partial charge is 0.465 e. The minimum atomic E-state index is -0.918. The van der Waals surface area contributed by atoms with Crippen molar-refractivity contribution in [2.45, 2.75) is 25.9 Å². The average molecular weight is 280 g/mol. The fourth-order valence-corrected chi connectivity index (χ4v) is 2.03. The summed E-state index contributed by atoms with van der Waals surface area (Å²) in [6, 6.07) is 2.07. The van der Waals surface area contributed by atoms with Crippen LogP contribution in [0.4, 0.5) is 22.4 Å². The topological polar surface area (TPSA) is 108 Å². The van der Waals surface area contributed by atoms with Gasteiger partial charge in [-0.15, -0.1) is 0 Å². The van der Waals surface area contributed by atoms with Crippen LogP contribution in [0.1, 0.15) is 13.8 Å².